The number of hydrogen-bond donors (Lipinski definition) is 1. The predicted octanol–water partition coefficient (Wildman–Crippen LogP) is 1.41. The number of imidazole rings is 1. The zero-order chi connectivity index (χ0) is 13.2. The van der Waals surface area contributed by atoms with E-state index in [4.69, 9.17) is 4.84 Å². The third-order valence-electron chi connectivity index (χ3n) is 3.73. The number of nitrogens with zero attached hydrogens (tertiary/aromatic N) is 4. The van der Waals surface area contributed by atoms with E-state index in [-0.39, 0.29) is 0 Å². The minimum atomic E-state index is 0.454. The van der Waals surface area contributed by atoms with Crippen LogP contribution in [0.3, 0.4) is 0 Å². The fraction of sp³-hybridized carbons (Fsp3) is 0.538. The third kappa shape index (κ3) is 2.41. The van der Waals surface area contributed by atoms with E-state index >= 15 is 0 Å². The number of anilines is 1. The largest absolute Gasteiger partial charge is 0.353 e. The number of pyridine rings is 1. The summed E-state index contributed by atoms with van der Waals surface area (Å²) < 4.78 is 2.08. The maximum absolute atomic E-state index is 5.24. The Balaban J connectivity index is 1.73. The fourth-order valence-electron chi connectivity index (χ4n) is 2.55. The molecule has 6 heteroatoms. The van der Waals surface area contributed by atoms with Gasteiger partial charge in [0.2, 0.25) is 5.95 Å². The standard InChI is InChI=1S/C13H19N5O/c1-17-12-3-6-14-9-11(12)16-13(17)15-10-4-7-18(19-2)8-5-10/h3,6,9-10H,4-5,7-8H2,1-2H3,(H,15,16). The molecule has 1 aliphatic rings. The first kappa shape index (κ1) is 12.4. The van der Waals surface area contributed by atoms with Gasteiger partial charge in [-0.1, -0.05) is 0 Å². The summed E-state index contributed by atoms with van der Waals surface area (Å²) in [6, 6.07) is 2.44. The van der Waals surface area contributed by atoms with Gasteiger partial charge in [-0.2, -0.15) is 5.06 Å². The van der Waals surface area contributed by atoms with E-state index in [1.54, 1.807) is 19.5 Å². The first-order chi connectivity index (χ1) is 9.28. The number of aryl methyl sites for hydroxylation is 1. The smallest absolute Gasteiger partial charge is 0.203 e. The van der Waals surface area contributed by atoms with Gasteiger partial charge in [0.1, 0.15) is 5.52 Å². The van der Waals surface area contributed by atoms with Crippen LogP contribution in [0, 0.1) is 0 Å². The molecule has 0 aromatic carbocycles. The SMILES string of the molecule is CON1CCC(Nc2nc3cnccc3n2C)CC1. The number of piperidine rings is 1. The second kappa shape index (κ2) is 5.14. The molecule has 2 aromatic rings. The van der Waals surface area contributed by atoms with Gasteiger partial charge in [-0.25, -0.2) is 4.98 Å². The lowest BCUT2D eigenvalue weighted by atomic mass is 10.1. The minimum Gasteiger partial charge on any atom is -0.353 e. The summed E-state index contributed by atoms with van der Waals surface area (Å²) in [7, 11) is 3.76. The van der Waals surface area contributed by atoms with E-state index in [2.05, 4.69) is 19.9 Å². The lowest BCUT2D eigenvalue weighted by Gasteiger charge is -2.30. The van der Waals surface area contributed by atoms with Crippen molar-refractivity contribution in [2.24, 2.45) is 7.05 Å². The summed E-state index contributed by atoms with van der Waals surface area (Å²) in [5.74, 6) is 0.916. The molecule has 3 rings (SSSR count). The lowest BCUT2D eigenvalue weighted by Crippen LogP contribution is -2.38. The van der Waals surface area contributed by atoms with E-state index in [9.17, 15) is 0 Å². The molecule has 1 aliphatic heterocycles. The van der Waals surface area contributed by atoms with Crippen LogP contribution in [0.1, 0.15) is 12.8 Å². The molecule has 1 saturated heterocycles. The molecule has 1 fully saturated rings. The fourth-order valence-corrected chi connectivity index (χ4v) is 2.55. The number of hydrogen-bond acceptors (Lipinski definition) is 5. The third-order valence-corrected chi connectivity index (χ3v) is 3.73. The van der Waals surface area contributed by atoms with Crippen molar-refractivity contribution in [3.8, 4) is 0 Å². The summed E-state index contributed by atoms with van der Waals surface area (Å²) in [4.78, 5) is 13.9. The molecule has 102 valence electrons. The number of fused-ring (bicyclic) bond motifs is 1. The Morgan fingerprint density at radius 1 is 1.37 bits per heavy atom. The first-order valence-electron chi connectivity index (χ1n) is 6.60. The Kier molecular flexibility index (Phi) is 3.35. The van der Waals surface area contributed by atoms with E-state index < -0.39 is 0 Å². The summed E-state index contributed by atoms with van der Waals surface area (Å²) in [5, 5.41) is 5.52. The lowest BCUT2D eigenvalue weighted by molar-refractivity contribution is -0.142. The average molecular weight is 261 g/mol. The van der Waals surface area contributed by atoms with Crippen molar-refractivity contribution >= 4 is 17.0 Å². The van der Waals surface area contributed by atoms with Crippen LogP contribution in [-0.4, -0.2) is 45.8 Å². The van der Waals surface area contributed by atoms with Crippen molar-refractivity contribution in [2.45, 2.75) is 18.9 Å². The summed E-state index contributed by atoms with van der Waals surface area (Å²) >= 11 is 0. The van der Waals surface area contributed by atoms with Crippen LogP contribution in [0.4, 0.5) is 5.95 Å². The number of aromatic nitrogens is 3. The molecule has 2 aromatic heterocycles. The Morgan fingerprint density at radius 3 is 2.84 bits per heavy atom. The van der Waals surface area contributed by atoms with Crippen molar-refractivity contribution in [3.63, 3.8) is 0 Å². The molecule has 0 atom stereocenters. The molecular weight excluding hydrogens is 242 g/mol. The van der Waals surface area contributed by atoms with Crippen molar-refractivity contribution in [2.75, 3.05) is 25.5 Å². The molecule has 19 heavy (non-hydrogen) atoms. The summed E-state index contributed by atoms with van der Waals surface area (Å²) in [6.45, 7) is 1.92. The maximum Gasteiger partial charge on any atom is 0.203 e. The molecule has 3 heterocycles. The zero-order valence-corrected chi connectivity index (χ0v) is 11.3. The average Bonchev–Trinajstić information content (AvgIpc) is 2.77. The van der Waals surface area contributed by atoms with E-state index in [1.807, 2.05) is 18.2 Å². The van der Waals surface area contributed by atoms with Crippen molar-refractivity contribution in [1.29, 1.82) is 0 Å². The highest BCUT2D eigenvalue weighted by atomic mass is 16.7. The van der Waals surface area contributed by atoms with E-state index in [1.165, 1.54) is 0 Å². The number of nitrogens with one attached hydrogen (secondary N) is 1. The molecule has 1 N–H and O–H groups in total. The van der Waals surface area contributed by atoms with E-state index in [0.29, 0.717) is 6.04 Å². The normalized spacial score (nSPS) is 18.0. The second-order valence-electron chi connectivity index (χ2n) is 4.89. The van der Waals surface area contributed by atoms with Gasteiger partial charge >= 0.3 is 0 Å². The van der Waals surface area contributed by atoms with Crippen LogP contribution >= 0.6 is 0 Å². The molecule has 0 unspecified atom stereocenters. The molecule has 0 amide bonds. The highest BCUT2D eigenvalue weighted by Crippen LogP contribution is 2.20. The van der Waals surface area contributed by atoms with Gasteiger partial charge in [0, 0.05) is 32.4 Å². The molecule has 0 aliphatic carbocycles. The van der Waals surface area contributed by atoms with Crippen molar-refractivity contribution in [3.05, 3.63) is 18.5 Å². The second-order valence-corrected chi connectivity index (χ2v) is 4.89. The van der Waals surface area contributed by atoms with Crippen LogP contribution in [0.2, 0.25) is 0 Å². The summed E-state index contributed by atoms with van der Waals surface area (Å²) in [6.07, 6.45) is 5.73. The molecule has 6 nitrogen and oxygen atoms in total. The van der Waals surface area contributed by atoms with Crippen molar-refractivity contribution in [1.82, 2.24) is 19.6 Å². The minimum absolute atomic E-state index is 0.454. The van der Waals surface area contributed by atoms with Crippen LogP contribution in [0.15, 0.2) is 18.5 Å². The molecule has 0 spiro atoms. The quantitative estimate of drug-likeness (QED) is 0.905. The predicted molar refractivity (Wildman–Crippen MR) is 73.7 cm³/mol. The molecule has 0 radical (unpaired) electrons. The zero-order valence-electron chi connectivity index (χ0n) is 11.3. The van der Waals surface area contributed by atoms with Crippen LogP contribution in [-0.2, 0) is 11.9 Å². The Morgan fingerprint density at radius 2 is 2.16 bits per heavy atom. The Labute approximate surface area is 112 Å². The van der Waals surface area contributed by atoms with Gasteiger partial charge in [-0.05, 0) is 18.9 Å². The molecule has 0 bridgehead atoms. The maximum atomic E-state index is 5.24. The Hall–Kier alpha value is -1.66. The monoisotopic (exact) mass is 261 g/mol. The van der Waals surface area contributed by atoms with Crippen LogP contribution in [0.25, 0.3) is 11.0 Å². The van der Waals surface area contributed by atoms with Gasteiger partial charge in [0.15, 0.2) is 0 Å². The van der Waals surface area contributed by atoms with Gasteiger partial charge < -0.3 is 14.7 Å². The van der Waals surface area contributed by atoms with Gasteiger partial charge in [-0.15, -0.1) is 0 Å². The Bertz CT molecular complexity index is 559. The molecule has 0 saturated carbocycles. The van der Waals surface area contributed by atoms with Gasteiger partial charge in [0.05, 0.1) is 18.8 Å². The van der Waals surface area contributed by atoms with Gasteiger partial charge in [0.25, 0.3) is 0 Å². The van der Waals surface area contributed by atoms with Crippen molar-refractivity contribution < 1.29 is 4.84 Å². The van der Waals surface area contributed by atoms with Crippen LogP contribution in [0.5, 0.6) is 0 Å². The highest BCUT2D eigenvalue weighted by Gasteiger charge is 2.20. The first-order valence-corrected chi connectivity index (χ1v) is 6.60. The topological polar surface area (TPSA) is 55.2 Å². The molecular formula is C13H19N5O. The number of rotatable bonds is 3. The highest BCUT2D eigenvalue weighted by molar-refractivity contribution is 5.77. The van der Waals surface area contributed by atoms with E-state index in [0.717, 1.165) is 42.9 Å². The van der Waals surface area contributed by atoms with Crippen LogP contribution < -0.4 is 5.32 Å². The summed E-state index contributed by atoms with van der Waals surface area (Å²) in [5.41, 5.74) is 2.04. The van der Waals surface area contributed by atoms with Gasteiger partial charge in [-0.3, -0.25) is 4.98 Å². The number of hydroxylamine groups is 2.